The van der Waals surface area contributed by atoms with Gasteiger partial charge in [0, 0.05) is 13.1 Å². The minimum atomic E-state index is -0.617. The molecule has 0 aromatic heterocycles. The van der Waals surface area contributed by atoms with Gasteiger partial charge in [0.05, 0.1) is 5.54 Å². The Balaban J connectivity index is 1.69. The predicted octanol–water partition coefficient (Wildman–Crippen LogP) is 1.74. The van der Waals surface area contributed by atoms with Crippen LogP contribution in [-0.4, -0.2) is 42.5 Å². The predicted molar refractivity (Wildman–Crippen MR) is 82.4 cm³/mol. The van der Waals surface area contributed by atoms with Crippen molar-refractivity contribution in [3.8, 4) is 0 Å². The lowest BCUT2D eigenvalue weighted by Crippen LogP contribution is -2.57. The summed E-state index contributed by atoms with van der Waals surface area (Å²) in [6.07, 6.45) is 6.52. The molecule has 3 N–H and O–H groups in total. The molecule has 1 heterocycles. The average Bonchev–Trinajstić information content (AvgIpc) is 2.40. The topological polar surface area (TPSA) is 58.4 Å². The van der Waals surface area contributed by atoms with Gasteiger partial charge in [0.15, 0.2) is 0 Å². The second-order valence-electron chi connectivity index (χ2n) is 7.14. The molecule has 1 saturated heterocycles. The SMILES string of the molecule is CC1CCN(CCNC(=O)C2(N)CCCC(C)C2)CC1. The standard InChI is InChI=1S/C16H31N3O/c1-13-5-9-19(10-6-13)11-8-18-15(20)16(17)7-3-4-14(2)12-16/h13-14H,3-12,17H2,1-2H3,(H,18,20). The molecule has 1 amide bonds. The molecule has 116 valence electrons. The Morgan fingerprint density at radius 3 is 2.60 bits per heavy atom. The highest BCUT2D eigenvalue weighted by Gasteiger charge is 2.37. The van der Waals surface area contributed by atoms with Crippen LogP contribution in [0.1, 0.15) is 52.4 Å². The minimum absolute atomic E-state index is 0.0643. The Hall–Kier alpha value is -0.610. The van der Waals surface area contributed by atoms with E-state index in [0.717, 1.165) is 38.3 Å². The van der Waals surface area contributed by atoms with Gasteiger partial charge in [-0.3, -0.25) is 4.79 Å². The van der Waals surface area contributed by atoms with Gasteiger partial charge in [-0.25, -0.2) is 0 Å². The van der Waals surface area contributed by atoms with E-state index in [1.165, 1.54) is 32.4 Å². The van der Waals surface area contributed by atoms with Crippen molar-refractivity contribution in [3.63, 3.8) is 0 Å². The summed E-state index contributed by atoms with van der Waals surface area (Å²) < 4.78 is 0. The first-order valence-corrected chi connectivity index (χ1v) is 8.29. The van der Waals surface area contributed by atoms with Crippen LogP contribution in [0.2, 0.25) is 0 Å². The molecular weight excluding hydrogens is 250 g/mol. The highest BCUT2D eigenvalue weighted by Crippen LogP contribution is 2.30. The number of amides is 1. The van der Waals surface area contributed by atoms with E-state index in [2.05, 4.69) is 24.1 Å². The average molecular weight is 281 g/mol. The summed E-state index contributed by atoms with van der Waals surface area (Å²) in [4.78, 5) is 14.8. The summed E-state index contributed by atoms with van der Waals surface area (Å²) in [5.41, 5.74) is 5.69. The number of hydrogen-bond donors (Lipinski definition) is 2. The van der Waals surface area contributed by atoms with Crippen LogP contribution in [0.5, 0.6) is 0 Å². The van der Waals surface area contributed by atoms with Gasteiger partial charge in [-0.15, -0.1) is 0 Å². The number of piperidine rings is 1. The molecule has 0 bridgehead atoms. The van der Waals surface area contributed by atoms with Crippen molar-refractivity contribution in [1.29, 1.82) is 0 Å². The van der Waals surface area contributed by atoms with Crippen molar-refractivity contribution in [2.75, 3.05) is 26.2 Å². The second-order valence-corrected chi connectivity index (χ2v) is 7.14. The molecule has 0 spiro atoms. The van der Waals surface area contributed by atoms with Crippen LogP contribution in [0.15, 0.2) is 0 Å². The molecule has 20 heavy (non-hydrogen) atoms. The molecule has 2 rings (SSSR count). The van der Waals surface area contributed by atoms with Gasteiger partial charge < -0.3 is 16.0 Å². The monoisotopic (exact) mass is 281 g/mol. The fourth-order valence-corrected chi connectivity index (χ4v) is 3.59. The lowest BCUT2D eigenvalue weighted by Gasteiger charge is -2.36. The zero-order chi connectivity index (χ0) is 14.6. The van der Waals surface area contributed by atoms with Crippen molar-refractivity contribution >= 4 is 5.91 Å². The Morgan fingerprint density at radius 2 is 1.95 bits per heavy atom. The highest BCUT2D eigenvalue weighted by molar-refractivity contribution is 5.86. The van der Waals surface area contributed by atoms with Crippen LogP contribution < -0.4 is 11.1 Å². The van der Waals surface area contributed by atoms with Crippen molar-refractivity contribution < 1.29 is 4.79 Å². The molecule has 0 radical (unpaired) electrons. The Bertz CT molecular complexity index is 326. The van der Waals surface area contributed by atoms with Crippen LogP contribution in [-0.2, 0) is 4.79 Å². The van der Waals surface area contributed by atoms with E-state index < -0.39 is 5.54 Å². The van der Waals surface area contributed by atoms with E-state index in [1.54, 1.807) is 0 Å². The third-order valence-corrected chi connectivity index (χ3v) is 5.07. The summed E-state index contributed by atoms with van der Waals surface area (Å²) in [7, 11) is 0. The van der Waals surface area contributed by atoms with Crippen molar-refractivity contribution in [3.05, 3.63) is 0 Å². The maximum atomic E-state index is 12.3. The molecule has 2 aliphatic rings. The molecule has 1 saturated carbocycles. The van der Waals surface area contributed by atoms with Gasteiger partial charge in [0.1, 0.15) is 0 Å². The van der Waals surface area contributed by atoms with E-state index in [4.69, 9.17) is 5.73 Å². The largest absolute Gasteiger partial charge is 0.353 e. The smallest absolute Gasteiger partial charge is 0.240 e. The number of nitrogens with one attached hydrogen (secondary N) is 1. The number of nitrogens with zero attached hydrogens (tertiary/aromatic N) is 1. The Labute approximate surface area is 123 Å². The molecule has 1 aliphatic heterocycles. The molecule has 2 fully saturated rings. The summed E-state index contributed by atoms with van der Waals surface area (Å²) in [6.45, 7) is 8.55. The lowest BCUT2D eigenvalue weighted by atomic mass is 9.76. The molecule has 2 unspecified atom stereocenters. The van der Waals surface area contributed by atoms with Crippen LogP contribution >= 0.6 is 0 Å². The molecule has 1 aliphatic carbocycles. The van der Waals surface area contributed by atoms with Gasteiger partial charge in [0.25, 0.3) is 0 Å². The number of hydrogen-bond acceptors (Lipinski definition) is 3. The number of rotatable bonds is 4. The quantitative estimate of drug-likeness (QED) is 0.825. The maximum Gasteiger partial charge on any atom is 0.240 e. The van der Waals surface area contributed by atoms with Crippen LogP contribution in [0.25, 0.3) is 0 Å². The normalized spacial score (nSPS) is 33.0. The Kier molecular flexibility index (Phi) is 5.44. The first-order chi connectivity index (χ1) is 9.49. The van der Waals surface area contributed by atoms with Crippen molar-refractivity contribution in [2.45, 2.75) is 57.9 Å². The molecule has 0 aromatic carbocycles. The van der Waals surface area contributed by atoms with Gasteiger partial charge in [-0.2, -0.15) is 0 Å². The summed E-state index contributed by atoms with van der Waals surface area (Å²) in [5, 5.41) is 3.07. The van der Waals surface area contributed by atoms with E-state index >= 15 is 0 Å². The number of carbonyl (C=O) groups excluding carboxylic acids is 1. The fraction of sp³-hybridized carbons (Fsp3) is 0.938. The van der Waals surface area contributed by atoms with E-state index in [9.17, 15) is 4.79 Å². The lowest BCUT2D eigenvalue weighted by molar-refractivity contribution is -0.128. The van der Waals surface area contributed by atoms with Crippen LogP contribution in [0, 0.1) is 11.8 Å². The third-order valence-electron chi connectivity index (χ3n) is 5.07. The molecule has 2 atom stereocenters. The Morgan fingerprint density at radius 1 is 1.25 bits per heavy atom. The van der Waals surface area contributed by atoms with E-state index in [0.29, 0.717) is 5.92 Å². The summed E-state index contributed by atoms with van der Waals surface area (Å²) >= 11 is 0. The van der Waals surface area contributed by atoms with E-state index in [1.807, 2.05) is 0 Å². The molecule has 4 heteroatoms. The highest BCUT2D eigenvalue weighted by atomic mass is 16.2. The summed E-state index contributed by atoms with van der Waals surface area (Å²) in [5.74, 6) is 1.49. The second kappa shape index (κ2) is 6.90. The van der Waals surface area contributed by atoms with Gasteiger partial charge in [-0.05, 0) is 50.6 Å². The number of nitrogens with two attached hydrogens (primary N) is 1. The maximum absolute atomic E-state index is 12.3. The molecule has 4 nitrogen and oxygen atoms in total. The first kappa shape index (κ1) is 15.8. The fourth-order valence-electron chi connectivity index (χ4n) is 3.59. The van der Waals surface area contributed by atoms with E-state index in [-0.39, 0.29) is 5.91 Å². The number of carbonyl (C=O) groups is 1. The molecule has 0 aromatic rings. The van der Waals surface area contributed by atoms with Gasteiger partial charge in [0.2, 0.25) is 5.91 Å². The van der Waals surface area contributed by atoms with Crippen molar-refractivity contribution in [2.24, 2.45) is 17.6 Å². The zero-order valence-electron chi connectivity index (χ0n) is 13.2. The van der Waals surface area contributed by atoms with Gasteiger partial charge >= 0.3 is 0 Å². The number of likely N-dealkylation sites (tertiary alicyclic amines) is 1. The van der Waals surface area contributed by atoms with Crippen molar-refractivity contribution in [1.82, 2.24) is 10.2 Å². The third kappa shape index (κ3) is 4.19. The minimum Gasteiger partial charge on any atom is -0.353 e. The summed E-state index contributed by atoms with van der Waals surface area (Å²) in [6, 6.07) is 0. The van der Waals surface area contributed by atoms with Crippen LogP contribution in [0.4, 0.5) is 0 Å². The molecular formula is C16H31N3O. The van der Waals surface area contributed by atoms with Gasteiger partial charge in [-0.1, -0.05) is 26.7 Å². The zero-order valence-corrected chi connectivity index (χ0v) is 13.2. The first-order valence-electron chi connectivity index (χ1n) is 8.29. The van der Waals surface area contributed by atoms with Crippen LogP contribution in [0.3, 0.4) is 0 Å².